The molecule has 4 heterocycles. The van der Waals surface area contributed by atoms with E-state index in [0.29, 0.717) is 19.6 Å². The summed E-state index contributed by atoms with van der Waals surface area (Å²) in [6.07, 6.45) is 2.02. The maximum absolute atomic E-state index is 13.8. The van der Waals surface area contributed by atoms with Gasteiger partial charge in [0.1, 0.15) is 0 Å². The first-order chi connectivity index (χ1) is 16.9. The summed E-state index contributed by atoms with van der Waals surface area (Å²) in [5.41, 5.74) is 1.50. The molecule has 36 heavy (non-hydrogen) atoms. The number of carboxylic acids is 1. The molecule has 0 bridgehead atoms. The van der Waals surface area contributed by atoms with Crippen molar-refractivity contribution in [1.82, 2.24) is 24.6 Å². The lowest BCUT2D eigenvalue weighted by molar-refractivity contribution is -0.192. The predicted molar refractivity (Wildman–Crippen MR) is 123 cm³/mol. The van der Waals surface area contributed by atoms with Gasteiger partial charge < -0.3 is 14.9 Å². The van der Waals surface area contributed by atoms with E-state index in [1.165, 1.54) is 0 Å². The van der Waals surface area contributed by atoms with Crippen LogP contribution in [-0.4, -0.2) is 73.3 Å². The molecule has 2 fully saturated rings. The zero-order valence-electron chi connectivity index (χ0n) is 20.4. The molecule has 9 nitrogen and oxygen atoms in total. The molecule has 1 N–H and O–H groups in total. The predicted octanol–water partition coefficient (Wildman–Crippen LogP) is 3.25. The fraction of sp³-hybridized carbons (Fsp3) is 0.542. The molecule has 0 aliphatic carbocycles. The number of carbonyl (C=O) groups is 3. The van der Waals surface area contributed by atoms with Gasteiger partial charge in [0.2, 0.25) is 11.8 Å². The molecule has 2 aliphatic rings. The highest BCUT2D eigenvalue weighted by Crippen LogP contribution is 2.49. The number of carboxylic acid groups (broad SMARTS) is 1. The zero-order valence-corrected chi connectivity index (χ0v) is 20.4. The molecule has 12 heteroatoms. The number of nitrogens with zero attached hydrogens (tertiary/aromatic N) is 5. The van der Waals surface area contributed by atoms with Crippen LogP contribution in [0.3, 0.4) is 0 Å². The summed E-state index contributed by atoms with van der Waals surface area (Å²) in [5.74, 6) is -2.62. The number of piperidine rings is 1. The average molecular weight is 510 g/mol. The smallest absolute Gasteiger partial charge is 0.475 e. The Morgan fingerprint density at radius 1 is 1.25 bits per heavy atom. The van der Waals surface area contributed by atoms with Gasteiger partial charge in [0.25, 0.3) is 0 Å². The van der Waals surface area contributed by atoms with Crippen LogP contribution in [0.2, 0.25) is 0 Å². The number of likely N-dealkylation sites (tertiary alicyclic amines) is 2. The molecule has 1 spiro atoms. The molecule has 196 valence electrons. The Bertz CT molecular complexity index is 1090. The van der Waals surface area contributed by atoms with Gasteiger partial charge >= 0.3 is 12.1 Å². The first-order valence-corrected chi connectivity index (χ1v) is 11.6. The van der Waals surface area contributed by atoms with Crippen molar-refractivity contribution in [2.45, 2.75) is 58.3 Å². The van der Waals surface area contributed by atoms with E-state index in [1.807, 2.05) is 38.9 Å². The van der Waals surface area contributed by atoms with Crippen LogP contribution < -0.4 is 0 Å². The van der Waals surface area contributed by atoms with Gasteiger partial charge in [-0.3, -0.25) is 19.3 Å². The van der Waals surface area contributed by atoms with E-state index >= 15 is 0 Å². The Kier molecular flexibility index (Phi) is 8.05. The fourth-order valence-corrected chi connectivity index (χ4v) is 5.00. The lowest BCUT2D eigenvalue weighted by Crippen LogP contribution is -2.52. The summed E-state index contributed by atoms with van der Waals surface area (Å²) < 4.78 is 33.7. The number of aliphatic carboxylic acids is 1. The molecule has 2 aromatic rings. The zero-order chi connectivity index (χ0) is 26.7. The van der Waals surface area contributed by atoms with Crippen molar-refractivity contribution in [3.63, 3.8) is 0 Å². The van der Waals surface area contributed by atoms with Crippen LogP contribution in [-0.2, 0) is 20.9 Å². The number of halogens is 3. The molecule has 2 amide bonds. The second kappa shape index (κ2) is 10.7. The maximum atomic E-state index is 13.8. The number of carbonyl (C=O) groups excluding carboxylic acids is 2. The molecule has 2 atom stereocenters. The molecule has 0 unspecified atom stereocenters. The Morgan fingerprint density at radius 3 is 2.50 bits per heavy atom. The van der Waals surface area contributed by atoms with Gasteiger partial charge in [-0.15, -0.1) is 0 Å². The highest BCUT2D eigenvalue weighted by atomic mass is 19.4. The van der Waals surface area contributed by atoms with Crippen LogP contribution in [0.25, 0.3) is 0 Å². The van der Waals surface area contributed by atoms with Crippen molar-refractivity contribution < 1.29 is 32.7 Å². The summed E-state index contributed by atoms with van der Waals surface area (Å²) >= 11 is 0. The number of hydrogen-bond donors (Lipinski definition) is 1. The van der Waals surface area contributed by atoms with Crippen molar-refractivity contribution in [3.8, 4) is 0 Å². The summed E-state index contributed by atoms with van der Waals surface area (Å²) in [7, 11) is 0. The normalized spacial score (nSPS) is 22.1. The molecule has 0 saturated carbocycles. The second-order valence-corrected chi connectivity index (χ2v) is 9.40. The van der Waals surface area contributed by atoms with Crippen molar-refractivity contribution in [3.05, 3.63) is 48.0 Å². The van der Waals surface area contributed by atoms with Gasteiger partial charge in [-0.1, -0.05) is 6.07 Å². The summed E-state index contributed by atoms with van der Waals surface area (Å²) in [6.45, 7) is 8.14. The van der Waals surface area contributed by atoms with Gasteiger partial charge in [-0.25, -0.2) is 4.79 Å². The number of pyridine rings is 1. The van der Waals surface area contributed by atoms with Gasteiger partial charge in [0, 0.05) is 69.3 Å². The second-order valence-electron chi connectivity index (χ2n) is 9.40. The SMILES string of the molecule is CC(=O)N1C[C@@H](c2ccnn2C(C)C)[C@@]2(CCCN(Cc3cccnc3)C2=O)C1.O=C(O)C(F)(F)F. The van der Waals surface area contributed by atoms with Crippen molar-refractivity contribution in [2.24, 2.45) is 5.41 Å². The number of alkyl halides is 3. The Hall–Kier alpha value is -3.44. The van der Waals surface area contributed by atoms with Gasteiger partial charge in [0.15, 0.2) is 0 Å². The Balaban J connectivity index is 0.000000454. The first kappa shape index (κ1) is 27.2. The minimum atomic E-state index is -5.08. The van der Waals surface area contributed by atoms with E-state index in [2.05, 4.69) is 23.9 Å². The molecule has 2 aliphatic heterocycles. The molecule has 2 saturated heterocycles. The van der Waals surface area contributed by atoms with Crippen LogP contribution in [0, 0.1) is 5.41 Å². The van der Waals surface area contributed by atoms with Crippen LogP contribution in [0.15, 0.2) is 36.8 Å². The van der Waals surface area contributed by atoms with Crippen LogP contribution in [0.1, 0.15) is 56.8 Å². The maximum Gasteiger partial charge on any atom is 0.490 e. The van der Waals surface area contributed by atoms with Crippen LogP contribution >= 0.6 is 0 Å². The highest BCUT2D eigenvalue weighted by Gasteiger charge is 2.56. The van der Waals surface area contributed by atoms with Crippen LogP contribution in [0.5, 0.6) is 0 Å². The van der Waals surface area contributed by atoms with E-state index in [1.54, 1.807) is 19.3 Å². The minimum absolute atomic E-state index is 0.0275. The molecule has 4 rings (SSSR count). The Morgan fingerprint density at radius 2 is 1.94 bits per heavy atom. The van der Waals surface area contributed by atoms with E-state index in [9.17, 15) is 22.8 Å². The van der Waals surface area contributed by atoms with Crippen LogP contribution in [0.4, 0.5) is 13.2 Å². The Labute approximate surface area is 206 Å². The van der Waals surface area contributed by atoms with E-state index in [4.69, 9.17) is 9.90 Å². The highest BCUT2D eigenvalue weighted by molar-refractivity contribution is 5.87. The van der Waals surface area contributed by atoms with Crippen molar-refractivity contribution in [2.75, 3.05) is 19.6 Å². The fourth-order valence-electron chi connectivity index (χ4n) is 5.00. The summed E-state index contributed by atoms with van der Waals surface area (Å²) in [5, 5.41) is 11.6. The molecule has 2 aromatic heterocycles. The van der Waals surface area contributed by atoms with Gasteiger partial charge in [0.05, 0.1) is 5.41 Å². The third-order valence-electron chi connectivity index (χ3n) is 6.64. The first-order valence-electron chi connectivity index (χ1n) is 11.6. The number of amides is 2. The monoisotopic (exact) mass is 509 g/mol. The third kappa shape index (κ3) is 5.68. The number of hydrogen-bond acceptors (Lipinski definition) is 5. The minimum Gasteiger partial charge on any atom is -0.475 e. The summed E-state index contributed by atoms with van der Waals surface area (Å²) in [6, 6.07) is 6.12. The average Bonchev–Trinajstić information content (AvgIpc) is 3.43. The molecule has 0 radical (unpaired) electrons. The third-order valence-corrected chi connectivity index (χ3v) is 6.64. The van der Waals surface area contributed by atoms with E-state index in [-0.39, 0.29) is 23.8 Å². The quantitative estimate of drug-likeness (QED) is 0.678. The van der Waals surface area contributed by atoms with E-state index in [0.717, 1.165) is 30.6 Å². The molecular formula is C24H30F3N5O4. The lowest BCUT2D eigenvalue weighted by atomic mass is 9.70. The van der Waals surface area contributed by atoms with Gasteiger partial charge in [-0.2, -0.15) is 18.3 Å². The van der Waals surface area contributed by atoms with Gasteiger partial charge in [-0.05, 0) is 44.4 Å². The largest absolute Gasteiger partial charge is 0.490 e. The lowest BCUT2D eigenvalue weighted by Gasteiger charge is -2.42. The summed E-state index contributed by atoms with van der Waals surface area (Å²) in [4.78, 5) is 43.0. The topological polar surface area (TPSA) is 109 Å². The standard InChI is InChI=1S/C22H29N5O2.C2HF3O2/c1-16(2)27-20(7-10-24-27)19-14-26(17(3)28)15-22(19)8-5-11-25(21(22)29)13-18-6-4-9-23-12-18;3-2(4,5)1(6)7/h4,6-7,9-10,12,16,19H,5,8,11,13-15H2,1-3H3;(H,6,7)/t19-,22+;/m0./s1. The van der Waals surface area contributed by atoms with E-state index < -0.39 is 17.6 Å². The number of aromatic nitrogens is 3. The molecule has 0 aromatic carbocycles. The molecular weight excluding hydrogens is 479 g/mol. The number of rotatable bonds is 4. The van der Waals surface area contributed by atoms with Crippen molar-refractivity contribution >= 4 is 17.8 Å². The van der Waals surface area contributed by atoms with Crippen molar-refractivity contribution in [1.29, 1.82) is 0 Å².